The van der Waals surface area contributed by atoms with Crippen LogP contribution in [0, 0.1) is 47.6 Å². The number of alkyl halides is 2. The minimum Gasteiger partial charge on any atom is -0.429 e. The molecule has 1 nitrogen and oxygen atoms in total. The highest BCUT2D eigenvalue weighted by Crippen LogP contribution is 2.37. The Balaban J connectivity index is 1.62. The molecule has 0 bridgehead atoms. The summed E-state index contributed by atoms with van der Waals surface area (Å²) in [6.45, 7) is 1.18. The first-order valence-corrected chi connectivity index (χ1v) is 10.2. The molecule has 0 aliphatic heterocycles. The molecule has 0 spiro atoms. The van der Waals surface area contributed by atoms with Crippen molar-refractivity contribution in [1.29, 1.82) is 0 Å². The summed E-state index contributed by atoms with van der Waals surface area (Å²) >= 11 is 0. The van der Waals surface area contributed by atoms with Crippen molar-refractivity contribution in [3.63, 3.8) is 0 Å². The van der Waals surface area contributed by atoms with Crippen LogP contribution in [0.4, 0.5) is 39.5 Å². The Morgan fingerprint density at radius 2 is 1.11 bits per heavy atom. The molecule has 0 saturated carbocycles. The average molecular weight is 512 g/mol. The van der Waals surface area contributed by atoms with E-state index < -0.39 is 58.1 Å². The third-order valence-electron chi connectivity index (χ3n) is 5.35. The molecule has 0 atom stereocenters. The molecular weight excluding hydrogens is 499 g/mol. The van der Waals surface area contributed by atoms with Gasteiger partial charge in [0.15, 0.2) is 29.1 Å². The normalized spacial score (nSPS) is 11.6. The summed E-state index contributed by atoms with van der Waals surface area (Å²) in [6, 6.07) is 8.28. The number of halogens is 9. The quantitative estimate of drug-likeness (QED) is 0.193. The molecule has 0 amide bonds. The zero-order valence-electron chi connectivity index (χ0n) is 18.1. The Hall–Kier alpha value is -3.95. The summed E-state index contributed by atoms with van der Waals surface area (Å²) in [6.07, 6.45) is -4.35. The zero-order chi connectivity index (χ0) is 26.4. The van der Waals surface area contributed by atoms with Crippen molar-refractivity contribution >= 4 is 0 Å². The maximum absolute atomic E-state index is 14.7. The van der Waals surface area contributed by atoms with Gasteiger partial charge in [0.1, 0.15) is 22.9 Å². The van der Waals surface area contributed by atoms with Gasteiger partial charge in [0.2, 0.25) is 0 Å². The van der Waals surface area contributed by atoms with Crippen molar-refractivity contribution in [3.8, 4) is 28.0 Å². The molecule has 0 fully saturated rings. The molecule has 4 aromatic carbocycles. The van der Waals surface area contributed by atoms with Crippen LogP contribution in [0.15, 0.2) is 60.7 Å². The summed E-state index contributed by atoms with van der Waals surface area (Å²) in [5, 5.41) is 0. The summed E-state index contributed by atoms with van der Waals surface area (Å²) in [4.78, 5) is 0. The minimum absolute atomic E-state index is 0.0678. The Morgan fingerprint density at radius 1 is 0.556 bits per heavy atom. The maximum Gasteiger partial charge on any atom is 0.429 e. The van der Waals surface area contributed by atoms with Crippen LogP contribution >= 0.6 is 0 Å². The van der Waals surface area contributed by atoms with E-state index in [0.29, 0.717) is 24.3 Å². The molecule has 0 radical (unpaired) electrons. The first kappa shape index (κ1) is 25.2. The fourth-order valence-electron chi connectivity index (χ4n) is 3.49. The molecule has 0 unspecified atom stereocenters. The molecule has 0 aliphatic carbocycles. The Kier molecular flexibility index (Phi) is 6.46. The molecule has 36 heavy (non-hydrogen) atoms. The lowest BCUT2D eigenvalue weighted by Gasteiger charge is -2.20. The monoisotopic (exact) mass is 512 g/mol. The Labute approximate surface area is 198 Å². The van der Waals surface area contributed by atoms with Gasteiger partial charge < -0.3 is 4.74 Å². The molecule has 0 aliphatic rings. The van der Waals surface area contributed by atoms with Crippen molar-refractivity contribution in [3.05, 3.63) is 113 Å². The third-order valence-corrected chi connectivity index (χ3v) is 5.35. The van der Waals surface area contributed by atoms with Crippen LogP contribution in [0.25, 0.3) is 22.3 Å². The van der Waals surface area contributed by atoms with Crippen LogP contribution in [0.5, 0.6) is 5.75 Å². The van der Waals surface area contributed by atoms with Crippen LogP contribution < -0.4 is 4.74 Å². The van der Waals surface area contributed by atoms with Gasteiger partial charge in [-0.05, 0) is 60.0 Å². The van der Waals surface area contributed by atoms with Gasteiger partial charge >= 0.3 is 6.11 Å². The van der Waals surface area contributed by atoms with E-state index in [1.807, 2.05) is 0 Å². The van der Waals surface area contributed by atoms with E-state index in [0.717, 1.165) is 30.3 Å². The predicted molar refractivity (Wildman–Crippen MR) is 113 cm³/mol. The van der Waals surface area contributed by atoms with Crippen LogP contribution in [0.1, 0.15) is 11.1 Å². The molecule has 0 N–H and O–H groups in total. The van der Waals surface area contributed by atoms with Crippen LogP contribution in [0.3, 0.4) is 0 Å². The maximum atomic E-state index is 14.7. The second kappa shape index (κ2) is 9.25. The molecule has 0 heterocycles. The van der Waals surface area contributed by atoms with Gasteiger partial charge in [0, 0.05) is 17.2 Å². The van der Waals surface area contributed by atoms with E-state index in [4.69, 9.17) is 0 Å². The van der Waals surface area contributed by atoms with Crippen molar-refractivity contribution in [2.24, 2.45) is 0 Å². The Morgan fingerprint density at radius 3 is 1.72 bits per heavy atom. The van der Waals surface area contributed by atoms with Crippen molar-refractivity contribution < 1.29 is 44.3 Å². The fraction of sp³-hybridized carbons (Fsp3) is 0.0769. The first-order valence-electron chi connectivity index (χ1n) is 10.2. The molecule has 4 aromatic rings. The third kappa shape index (κ3) is 4.62. The van der Waals surface area contributed by atoms with Gasteiger partial charge in [0.25, 0.3) is 0 Å². The standard InChI is InChI=1S/C26H13F9O/c1-12-2-7-18(24(32)23(12)31)26(34,35)36-15-4-6-16(20(28)11-15)13-3-5-17(19(27)8-13)14-9-21(29)25(33)22(30)10-14/h2-11H,1H3. The second-order valence-corrected chi connectivity index (χ2v) is 7.77. The van der Waals surface area contributed by atoms with Gasteiger partial charge in [0.05, 0.1) is 0 Å². The predicted octanol–water partition coefficient (Wildman–Crippen LogP) is 8.43. The molecule has 4 rings (SSSR count). The number of benzene rings is 4. The summed E-state index contributed by atoms with van der Waals surface area (Å²) in [5.41, 5.74) is -2.51. The summed E-state index contributed by atoms with van der Waals surface area (Å²) in [5.74, 6) is -10.9. The highest BCUT2D eigenvalue weighted by molar-refractivity contribution is 5.72. The first-order chi connectivity index (χ1) is 16.9. The topological polar surface area (TPSA) is 9.23 Å². The van der Waals surface area contributed by atoms with Gasteiger partial charge in [-0.3, -0.25) is 0 Å². The molecule has 0 aromatic heterocycles. The zero-order valence-corrected chi connectivity index (χ0v) is 18.1. The molecule has 0 saturated heterocycles. The molecule has 10 heteroatoms. The summed E-state index contributed by atoms with van der Waals surface area (Å²) in [7, 11) is 0. The highest BCUT2D eigenvalue weighted by Gasteiger charge is 2.39. The van der Waals surface area contributed by atoms with E-state index in [-0.39, 0.29) is 27.8 Å². The Bertz CT molecular complexity index is 1460. The smallest absolute Gasteiger partial charge is 0.429 e. The van der Waals surface area contributed by atoms with E-state index in [1.54, 1.807) is 0 Å². The lowest BCUT2D eigenvalue weighted by atomic mass is 9.99. The van der Waals surface area contributed by atoms with Gasteiger partial charge in [-0.2, -0.15) is 8.78 Å². The SMILES string of the molecule is Cc1ccc(C(F)(F)Oc2ccc(-c3ccc(-c4cc(F)c(F)c(F)c4)c(F)c3)c(F)c2)c(F)c1F. The molecule has 186 valence electrons. The van der Waals surface area contributed by atoms with Gasteiger partial charge in [-0.25, -0.2) is 30.7 Å². The van der Waals surface area contributed by atoms with Crippen LogP contribution in [-0.2, 0) is 6.11 Å². The largest absolute Gasteiger partial charge is 0.429 e. The number of aryl methyl sites for hydroxylation is 1. The van der Waals surface area contributed by atoms with Crippen molar-refractivity contribution in [2.45, 2.75) is 13.0 Å². The lowest BCUT2D eigenvalue weighted by molar-refractivity contribution is -0.187. The number of rotatable bonds is 5. The number of hydrogen-bond acceptors (Lipinski definition) is 1. The average Bonchev–Trinajstić information content (AvgIpc) is 2.80. The van der Waals surface area contributed by atoms with Crippen molar-refractivity contribution in [1.82, 2.24) is 0 Å². The second-order valence-electron chi connectivity index (χ2n) is 7.77. The minimum atomic E-state index is -4.35. The van der Waals surface area contributed by atoms with Crippen LogP contribution in [-0.4, -0.2) is 0 Å². The number of ether oxygens (including phenoxy) is 1. The van der Waals surface area contributed by atoms with Gasteiger partial charge in [-0.1, -0.05) is 18.2 Å². The van der Waals surface area contributed by atoms with Crippen molar-refractivity contribution in [2.75, 3.05) is 0 Å². The van der Waals surface area contributed by atoms with E-state index in [9.17, 15) is 39.5 Å². The van der Waals surface area contributed by atoms with E-state index in [1.165, 1.54) is 13.0 Å². The lowest BCUT2D eigenvalue weighted by Crippen LogP contribution is -2.24. The highest BCUT2D eigenvalue weighted by atomic mass is 19.3. The van der Waals surface area contributed by atoms with Crippen LogP contribution in [0.2, 0.25) is 0 Å². The van der Waals surface area contributed by atoms with E-state index in [2.05, 4.69) is 4.74 Å². The van der Waals surface area contributed by atoms with Gasteiger partial charge in [-0.15, -0.1) is 0 Å². The fourth-order valence-corrected chi connectivity index (χ4v) is 3.49. The number of hydrogen-bond donors (Lipinski definition) is 0. The molecular formula is C26H13F9O. The summed E-state index contributed by atoms with van der Waals surface area (Å²) < 4.78 is 130. The van der Waals surface area contributed by atoms with E-state index >= 15 is 0 Å².